The summed E-state index contributed by atoms with van der Waals surface area (Å²) in [7, 11) is 0. The van der Waals surface area contributed by atoms with Gasteiger partial charge in [0.25, 0.3) is 5.91 Å². The minimum atomic E-state index is -1.05. The molecular formula is C19H22N2O4S2. The SMILES string of the molecule is CCCCC(NC(=O)CCN1C(=O)C(=Cc2ccccc2)SC1=S)C(=O)O. The van der Waals surface area contributed by atoms with E-state index in [1.807, 2.05) is 37.3 Å². The molecule has 1 heterocycles. The van der Waals surface area contributed by atoms with Gasteiger partial charge in [-0.05, 0) is 18.1 Å². The van der Waals surface area contributed by atoms with Gasteiger partial charge in [-0.15, -0.1) is 0 Å². The molecule has 2 amide bonds. The van der Waals surface area contributed by atoms with Crippen molar-refractivity contribution in [3.05, 3.63) is 40.8 Å². The van der Waals surface area contributed by atoms with Crippen molar-refractivity contribution in [2.24, 2.45) is 0 Å². The molecule has 2 rings (SSSR count). The quantitative estimate of drug-likeness (QED) is 0.484. The van der Waals surface area contributed by atoms with Gasteiger partial charge in [0.1, 0.15) is 10.4 Å². The molecule has 27 heavy (non-hydrogen) atoms. The average molecular weight is 407 g/mol. The Hall–Kier alpha value is -2.19. The van der Waals surface area contributed by atoms with Crippen LogP contribution in [0.1, 0.15) is 38.2 Å². The number of aliphatic carboxylic acids is 1. The fourth-order valence-electron chi connectivity index (χ4n) is 2.54. The third-order valence-electron chi connectivity index (χ3n) is 4.01. The predicted octanol–water partition coefficient (Wildman–Crippen LogP) is 3.04. The summed E-state index contributed by atoms with van der Waals surface area (Å²) in [6, 6.07) is 8.54. The highest BCUT2D eigenvalue weighted by atomic mass is 32.2. The van der Waals surface area contributed by atoms with E-state index in [0.29, 0.717) is 15.6 Å². The van der Waals surface area contributed by atoms with Crippen LogP contribution in [0.4, 0.5) is 0 Å². The molecule has 1 aromatic carbocycles. The Morgan fingerprint density at radius 3 is 2.67 bits per heavy atom. The Morgan fingerprint density at radius 1 is 1.33 bits per heavy atom. The normalized spacial score (nSPS) is 16.6. The van der Waals surface area contributed by atoms with Gasteiger partial charge in [0, 0.05) is 13.0 Å². The van der Waals surface area contributed by atoms with Gasteiger partial charge in [0.2, 0.25) is 5.91 Å². The third-order valence-corrected chi connectivity index (χ3v) is 5.39. The first kappa shape index (κ1) is 21.1. The number of carbonyl (C=O) groups is 3. The van der Waals surface area contributed by atoms with E-state index >= 15 is 0 Å². The number of hydrogen-bond donors (Lipinski definition) is 2. The third kappa shape index (κ3) is 6.18. The summed E-state index contributed by atoms with van der Waals surface area (Å²) in [4.78, 5) is 37.7. The summed E-state index contributed by atoms with van der Waals surface area (Å²) in [5.74, 6) is -1.68. The molecule has 0 saturated carbocycles. The maximum atomic E-state index is 12.5. The number of unbranched alkanes of at least 4 members (excludes halogenated alkanes) is 1. The van der Waals surface area contributed by atoms with E-state index in [0.717, 1.165) is 18.4 Å². The van der Waals surface area contributed by atoms with E-state index < -0.39 is 17.9 Å². The molecule has 0 aromatic heterocycles. The van der Waals surface area contributed by atoms with Crippen molar-refractivity contribution >= 4 is 52.2 Å². The Kier molecular flexibility index (Phi) is 7.99. The number of nitrogens with one attached hydrogen (secondary N) is 1. The van der Waals surface area contributed by atoms with Crippen molar-refractivity contribution in [2.45, 2.75) is 38.6 Å². The molecule has 1 atom stereocenters. The minimum Gasteiger partial charge on any atom is -0.480 e. The first-order valence-electron chi connectivity index (χ1n) is 8.75. The number of nitrogens with zero attached hydrogens (tertiary/aromatic N) is 1. The number of carboxylic acids is 1. The van der Waals surface area contributed by atoms with Crippen molar-refractivity contribution in [1.29, 1.82) is 0 Å². The van der Waals surface area contributed by atoms with Crippen LogP contribution in [0.5, 0.6) is 0 Å². The molecule has 0 bridgehead atoms. The van der Waals surface area contributed by atoms with Crippen LogP contribution < -0.4 is 5.32 Å². The molecule has 8 heteroatoms. The molecule has 0 aliphatic carbocycles. The molecule has 0 spiro atoms. The number of carbonyl (C=O) groups excluding carboxylic acids is 2. The summed E-state index contributed by atoms with van der Waals surface area (Å²) < 4.78 is 0.399. The fourth-order valence-corrected chi connectivity index (χ4v) is 3.85. The van der Waals surface area contributed by atoms with E-state index in [-0.39, 0.29) is 18.9 Å². The van der Waals surface area contributed by atoms with Crippen LogP contribution in [0.3, 0.4) is 0 Å². The Bertz CT molecular complexity index is 749. The van der Waals surface area contributed by atoms with Crippen LogP contribution in [-0.4, -0.2) is 44.7 Å². The lowest BCUT2D eigenvalue weighted by atomic mass is 10.1. The number of thioether (sulfide) groups is 1. The largest absolute Gasteiger partial charge is 0.480 e. The monoisotopic (exact) mass is 406 g/mol. The topological polar surface area (TPSA) is 86.7 Å². The number of thiocarbonyl (C=S) groups is 1. The summed E-state index contributed by atoms with van der Waals surface area (Å²) >= 11 is 6.45. The van der Waals surface area contributed by atoms with E-state index in [4.69, 9.17) is 12.2 Å². The average Bonchev–Trinajstić information content (AvgIpc) is 2.90. The molecule has 2 N–H and O–H groups in total. The van der Waals surface area contributed by atoms with Crippen LogP contribution in [0.15, 0.2) is 35.2 Å². The Balaban J connectivity index is 1.92. The maximum Gasteiger partial charge on any atom is 0.326 e. The minimum absolute atomic E-state index is 0.000954. The lowest BCUT2D eigenvalue weighted by Crippen LogP contribution is -2.42. The van der Waals surface area contributed by atoms with Gasteiger partial charge >= 0.3 is 5.97 Å². The highest BCUT2D eigenvalue weighted by Crippen LogP contribution is 2.32. The second kappa shape index (κ2) is 10.2. The van der Waals surface area contributed by atoms with Gasteiger partial charge < -0.3 is 10.4 Å². The van der Waals surface area contributed by atoms with Crippen molar-refractivity contribution < 1.29 is 19.5 Å². The first-order chi connectivity index (χ1) is 12.9. The van der Waals surface area contributed by atoms with Crippen LogP contribution >= 0.6 is 24.0 Å². The molecule has 1 aliphatic rings. The standard InChI is InChI=1S/C19H22N2O4S2/c1-2-3-9-14(18(24)25)20-16(22)10-11-21-17(23)15(27-19(21)26)12-13-7-5-4-6-8-13/h4-8,12,14H,2-3,9-11H2,1H3,(H,20,22)(H,24,25). The van der Waals surface area contributed by atoms with E-state index in [1.54, 1.807) is 6.08 Å². The number of carboxylic acid groups (broad SMARTS) is 1. The fraction of sp³-hybridized carbons (Fsp3) is 0.368. The second-order valence-electron chi connectivity index (χ2n) is 6.09. The maximum absolute atomic E-state index is 12.5. The predicted molar refractivity (Wildman–Crippen MR) is 110 cm³/mol. The lowest BCUT2D eigenvalue weighted by Gasteiger charge is -2.17. The van der Waals surface area contributed by atoms with Crippen LogP contribution in [0.25, 0.3) is 6.08 Å². The van der Waals surface area contributed by atoms with Gasteiger partial charge in [-0.25, -0.2) is 4.79 Å². The zero-order valence-corrected chi connectivity index (χ0v) is 16.6. The first-order valence-corrected chi connectivity index (χ1v) is 9.97. The smallest absolute Gasteiger partial charge is 0.326 e. The van der Waals surface area contributed by atoms with Crippen LogP contribution in [0, 0.1) is 0 Å². The van der Waals surface area contributed by atoms with Crippen LogP contribution in [-0.2, 0) is 14.4 Å². The number of rotatable bonds is 9. The molecule has 1 aromatic rings. The molecule has 144 valence electrons. The lowest BCUT2D eigenvalue weighted by molar-refractivity contribution is -0.142. The number of benzene rings is 1. The molecule has 1 aliphatic heterocycles. The highest BCUT2D eigenvalue weighted by molar-refractivity contribution is 8.26. The van der Waals surface area contributed by atoms with E-state index in [2.05, 4.69) is 5.32 Å². The van der Waals surface area contributed by atoms with Crippen molar-refractivity contribution in [2.75, 3.05) is 6.54 Å². The number of hydrogen-bond acceptors (Lipinski definition) is 5. The number of amides is 2. The van der Waals surface area contributed by atoms with Gasteiger partial charge in [-0.1, -0.05) is 74.1 Å². The molecule has 1 unspecified atom stereocenters. The Labute approximate surface area is 168 Å². The van der Waals surface area contributed by atoms with Gasteiger partial charge in [-0.2, -0.15) is 0 Å². The molecule has 1 fully saturated rings. The highest BCUT2D eigenvalue weighted by Gasteiger charge is 2.32. The molecule has 6 nitrogen and oxygen atoms in total. The second-order valence-corrected chi connectivity index (χ2v) is 7.77. The van der Waals surface area contributed by atoms with Gasteiger partial charge in [-0.3, -0.25) is 14.5 Å². The zero-order valence-electron chi connectivity index (χ0n) is 15.0. The summed E-state index contributed by atoms with van der Waals surface area (Å²) in [5, 5.41) is 11.7. The van der Waals surface area contributed by atoms with Crippen molar-refractivity contribution in [3.63, 3.8) is 0 Å². The summed E-state index contributed by atoms with van der Waals surface area (Å²) in [6.07, 6.45) is 3.73. The molecule has 1 saturated heterocycles. The van der Waals surface area contributed by atoms with Crippen LogP contribution in [0.2, 0.25) is 0 Å². The van der Waals surface area contributed by atoms with E-state index in [9.17, 15) is 19.5 Å². The molecular weight excluding hydrogens is 384 g/mol. The van der Waals surface area contributed by atoms with Gasteiger partial charge in [0.15, 0.2) is 0 Å². The summed E-state index contributed by atoms with van der Waals surface area (Å²) in [5.41, 5.74) is 0.899. The summed E-state index contributed by atoms with van der Waals surface area (Å²) in [6.45, 7) is 2.08. The van der Waals surface area contributed by atoms with Crippen molar-refractivity contribution in [3.8, 4) is 0 Å². The zero-order chi connectivity index (χ0) is 19.8. The molecule has 0 radical (unpaired) electrons. The van der Waals surface area contributed by atoms with Crippen molar-refractivity contribution in [1.82, 2.24) is 10.2 Å². The van der Waals surface area contributed by atoms with E-state index in [1.165, 1.54) is 16.7 Å². The Morgan fingerprint density at radius 2 is 2.04 bits per heavy atom. The van der Waals surface area contributed by atoms with Gasteiger partial charge in [0.05, 0.1) is 4.91 Å².